The van der Waals surface area contributed by atoms with Gasteiger partial charge >= 0.3 is 0 Å². The van der Waals surface area contributed by atoms with Crippen molar-refractivity contribution in [2.24, 2.45) is 0 Å². The van der Waals surface area contributed by atoms with Gasteiger partial charge in [0.25, 0.3) is 5.91 Å². The molecule has 0 radical (unpaired) electrons. The fourth-order valence-electron chi connectivity index (χ4n) is 3.00. The number of amides is 2. The Bertz CT molecular complexity index is 839. The quantitative estimate of drug-likeness (QED) is 0.709. The van der Waals surface area contributed by atoms with E-state index < -0.39 is 24.5 Å². The van der Waals surface area contributed by atoms with Crippen LogP contribution in [0.2, 0.25) is 4.34 Å². The Balaban J connectivity index is 1.65. The number of hydrogen-bond acceptors (Lipinski definition) is 5. The van der Waals surface area contributed by atoms with Gasteiger partial charge in [0, 0.05) is 18.8 Å². The monoisotopic (exact) mass is 407 g/mol. The molecule has 3 N–H and O–H groups in total. The molecule has 0 bridgehead atoms. The van der Waals surface area contributed by atoms with Gasteiger partial charge in [0.05, 0.1) is 15.8 Å². The molecule has 0 spiro atoms. The minimum Gasteiger partial charge on any atom is -0.394 e. The van der Waals surface area contributed by atoms with Crippen molar-refractivity contribution in [3.63, 3.8) is 0 Å². The van der Waals surface area contributed by atoms with Crippen molar-refractivity contribution in [3.05, 3.63) is 50.7 Å². The van der Waals surface area contributed by atoms with Crippen LogP contribution in [0.1, 0.15) is 20.8 Å². The van der Waals surface area contributed by atoms with Gasteiger partial charge in [-0.1, -0.05) is 17.7 Å². The molecule has 0 saturated heterocycles. The molecule has 3 rings (SSSR count). The van der Waals surface area contributed by atoms with Crippen molar-refractivity contribution in [2.75, 3.05) is 32.1 Å². The zero-order valence-corrected chi connectivity index (χ0v) is 16.6. The number of hydrogen-bond donors (Lipinski definition) is 3. The maximum atomic E-state index is 12.5. The molecule has 2 amide bonds. The van der Waals surface area contributed by atoms with Crippen LogP contribution in [0.25, 0.3) is 0 Å². The summed E-state index contributed by atoms with van der Waals surface area (Å²) in [5.41, 5.74) is 3.17. The van der Waals surface area contributed by atoms with Crippen LogP contribution in [0.4, 0.5) is 5.69 Å². The highest BCUT2D eigenvalue weighted by Gasteiger charge is 2.22. The summed E-state index contributed by atoms with van der Waals surface area (Å²) in [5, 5.41) is 14.9. The van der Waals surface area contributed by atoms with Gasteiger partial charge in [-0.05, 0) is 55.3 Å². The molecule has 1 atom stereocenters. The first-order valence-electron chi connectivity index (χ1n) is 8.74. The Morgan fingerprint density at radius 2 is 1.96 bits per heavy atom. The Kier molecular flexibility index (Phi) is 6.49. The molecule has 0 aliphatic carbocycles. The molecule has 0 saturated carbocycles. The van der Waals surface area contributed by atoms with E-state index in [1.165, 1.54) is 11.1 Å². The highest BCUT2D eigenvalue weighted by Crippen LogP contribution is 2.22. The fourth-order valence-corrected chi connectivity index (χ4v) is 3.95. The van der Waals surface area contributed by atoms with Gasteiger partial charge in [0.1, 0.15) is 6.04 Å². The molecule has 1 aromatic heterocycles. The topological polar surface area (TPSA) is 81.7 Å². The van der Waals surface area contributed by atoms with Crippen LogP contribution in [0.15, 0.2) is 30.3 Å². The minimum atomic E-state index is -1.04. The summed E-state index contributed by atoms with van der Waals surface area (Å²) in [6.45, 7) is 1.50. The standard InChI is InChI=1S/C19H22ClN3O3S/c1-23-8-6-12-2-3-14(10-13(12)7-9-23)21-18(25)15(11-24)22-19(26)16-4-5-17(20)27-16/h2-5,10,15,24H,6-9,11H2,1H3,(H,21,25)(H,22,26). The van der Waals surface area contributed by atoms with Crippen molar-refractivity contribution >= 4 is 40.4 Å². The predicted octanol–water partition coefficient (Wildman–Crippen LogP) is 2.16. The second-order valence-corrected chi connectivity index (χ2v) is 8.30. The van der Waals surface area contributed by atoms with Crippen molar-refractivity contribution in [1.82, 2.24) is 10.2 Å². The summed E-state index contributed by atoms with van der Waals surface area (Å²) in [6, 6.07) is 8.02. The van der Waals surface area contributed by atoms with E-state index in [2.05, 4.69) is 22.6 Å². The van der Waals surface area contributed by atoms with Crippen LogP contribution in [0, 0.1) is 0 Å². The molecule has 8 heteroatoms. The summed E-state index contributed by atoms with van der Waals surface area (Å²) < 4.78 is 0.487. The number of aliphatic hydroxyl groups excluding tert-OH is 1. The predicted molar refractivity (Wildman–Crippen MR) is 108 cm³/mol. The van der Waals surface area contributed by atoms with Crippen LogP contribution in [-0.2, 0) is 17.6 Å². The number of carbonyl (C=O) groups is 2. The van der Waals surface area contributed by atoms with Crippen molar-refractivity contribution in [3.8, 4) is 0 Å². The van der Waals surface area contributed by atoms with Crippen LogP contribution in [0.5, 0.6) is 0 Å². The number of likely N-dealkylation sites (N-methyl/N-ethyl adjacent to an activating group) is 1. The molecular formula is C19H22ClN3O3S. The number of halogens is 1. The number of fused-ring (bicyclic) bond motifs is 1. The molecule has 1 unspecified atom stereocenters. The average Bonchev–Trinajstić information content (AvgIpc) is 3.00. The second-order valence-electron chi connectivity index (χ2n) is 6.59. The molecule has 6 nitrogen and oxygen atoms in total. The SMILES string of the molecule is CN1CCc2ccc(NC(=O)C(CO)NC(=O)c3ccc(Cl)s3)cc2CC1. The lowest BCUT2D eigenvalue weighted by Gasteiger charge is -2.16. The van der Waals surface area contributed by atoms with Crippen LogP contribution < -0.4 is 10.6 Å². The van der Waals surface area contributed by atoms with E-state index in [-0.39, 0.29) is 0 Å². The molecule has 27 heavy (non-hydrogen) atoms. The zero-order valence-electron chi connectivity index (χ0n) is 15.0. The van der Waals surface area contributed by atoms with Gasteiger partial charge in [-0.15, -0.1) is 11.3 Å². The van der Waals surface area contributed by atoms with E-state index in [1.807, 2.05) is 18.2 Å². The molecule has 144 valence electrons. The summed E-state index contributed by atoms with van der Waals surface area (Å²) in [6.07, 6.45) is 1.91. The first kappa shape index (κ1) is 19.8. The number of benzene rings is 1. The van der Waals surface area contributed by atoms with Crippen LogP contribution in [-0.4, -0.2) is 54.6 Å². The maximum Gasteiger partial charge on any atom is 0.262 e. The molecule has 1 aliphatic rings. The first-order chi connectivity index (χ1) is 13.0. The first-order valence-corrected chi connectivity index (χ1v) is 9.94. The number of rotatable bonds is 5. The summed E-state index contributed by atoms with van der Waals surface area (Å²) in [4.78, 5) is 27.4. The lowest BCUT2D eigenvalue weighted by molar-refractivity contribution is -0.118. The summed E-state index contributed by atoms with van der Waals surface area (Å²) in [5.74, 6) is -0.898. The van der Waals surface area contributed by atoms with E-state index in [0.717, 1.165) is 37.3 Å². The number of carbonyl (C=O) groups excluding carboxylic acids is 2. The van der Waals surface area contributed by atoms with Gasteiger partial charge in [-0.25, -0.2) is 0 Å². The van der Waals surface area contributed by atoms with Gasteiger partial charge in [-0.2, -0.15) is 0 Å². The Morgan fingerprint density at radius 3 is 2.63 bits per heavy atom. The summed E-state index contributed by atoms with van der Waals surface area (Å²) >= 11 is 6.95. The molecule has 1 aromatic carbocycles. The van der Waals surface area contributed by atoms with Crippen molar-refractivity contribution in [1.29, 1.82) is 0 Å². The third kappa shape index (κ3) is 5.07. The van der Waals surface area contributed by atoms with E-state index in [1.54, 1.807) is 12.1 Å². The number of anilines is 1. The van der Waals surface area contributed by atoms with Crippen molar-refractivity contribution in [2.45, 2.75) is 18.9 Å². The lowest BCUT2D eigenvalue weighted by Crippen LogP contribution is -2.46. The summed E-state index contributed by atoms with van der Waals surface area (Å²) in [7, 11) is 2.10. The normalized spacial score (nSPS) is 15.5. The Morgan fingerprint density at radius 1 is 1.22 bits per heavy atom. The third-order valence-electron chi connectivity index (χ3n) is 4.60. The van der Waals surface area contributed by atoms with Crippen LogP contribution >= 0.6 is 22.9 Å². The second kappa shape index (κ2) is 8.84. The third-order valence-corrected chi connectivity index (χ3v) is 5.83. The molecule has 0 fully saturated rings. The van der Waals surface area contributed by atoms with Crippen LogP contribution in [0.3, 0.4) is 0 Å². The van der Waals surface area contributed by atoms with Gasteiger partial charge in [-0.3, -0.25) is 9.59 Å². The zero-order chi connectivity index (χ0) is 19.4. The largest absolute Gasteiger partial charge is 0.394 e. The van der Waals surface area contributed by atoms with E-state index in [0.29, 0.717) is 14.9 Å². The van der Waals surface area contributed by atoms with Gasteiger partial charge in [0.15, 0.2) is 0 Å². The molecule has 2 aromatic rings. The average molecular weight is 408 g/mol. The minimum absolute atomic E-state index is 0.389. The number of thiophene rings is 1. The highest BCUT2D eigenvalue weighted by molar-refractivity contribution is 7.18. The fraction of sp³-hybridized carbons (Fsp3) is 0.368. The molecular weight excluding hydrogens is 386 g/mol. The highest BCUT2D eigenvalue weighted by atomic mass is 35.5. The van der Waals surface area contributed by atoms with E-state index in [4.69, 9.17) is 11.6 Å². The molecule has 2 heterocycles. The van der Waals surface area contributed by atoms with E-state index in [9.17, 15) is 14.7 Å². The number of aliphatic hydroxyl groups is 1. The Labute approximate surface area is 167 Å². The van der Waals surface area contributed by atoms with Gasteiger partial charge < -0.3 is 20.6 Å². The maximum absolute atomic E-state index is 12.5. The Hall–Kier alpha value is -1.93. The number of nitrogens with zero attached hydrogens (tertiary/aromatic N) is 1. The molecule has 1 aliphatic heterocycles. The van der Waals surface area contributed by atoms with Gasteiger partial charge in [0.2, 0.25) is 5.91 Å². The smallest absolute Gasteiger partial charge is 0.262 e. The van der Waals surface area contributed by atoms with E-state index >= 15 is 0 Å². The number of nitrogens with one attached hydrogen (secondary N) is 2. The van der Waals surface area contributed by atoms with Crippen molar-refractivity contribution < 1.29 is 14.7 Å². The lowest BCUT2D eigenvalue weighted by atomic mass is 10.0.